The molecule has 1 heterocycles. The Kier molecular flexibility index (Phi) is 3.20. The molecule has 59 valence electrons. The van der Waals surface area contributed by atoms with Gasteiger partial charge in [0.15, 0.2) is 0 Å². The summed E-state index contributed by atoms with van der Waals surface area (Å²) in [6.07, 6.45) is 3.84. The number of piperidine rings is 1. The minimum Gasteiger partial charge on any atom is -0.303 e. The number of rotatable bonds is 2. The fourth-order valence-electron chi connectivity index (χ4n) is 1.51. The molecule has 0 spiro atoms. The number of hydrogen-bond acceptors (Lipinski definition) is 1. The van der Waals surface area contributed by atoms with Crippen LogP contribution in [0.15, 0.2) is 0 Å². The summed E-state index contributed by atoms with van der Waals surface area (Å²) < 4.78 is 0. The van der Waals surface area contributed by atoms with Crippen LogP contribution in [0.1, 0.15) is 26.2 Å². The molecule has 1 nitrogen and oxygen atoms in total. The van der Waals surface area contributed by atoms with Crippen LogP contribution in [0.25, 0.3) is 0 Å². The highest BCUT2D eigenvalue weighted by atomic mass is 15.1. The first-order chi connectivity index (χ1) is 4.83. The third-order valence-electron chi connectivity index (χ3n) is 2.35. The van der Waals surface area contributed by atoms with Crippen molar-refractivity contribution in [3.63, 3.8) is 0 Å². The van der Waals surface area contributed by atoms with Gasteiger partial charge in [-0.05, 0) is 44.8 Å². The minimum absolute atomic E-state index is 0.959. The normalized spacial score (nSPS) is 23.4. The molecule has 0 bridgehead atoms. The van der Waals surface area contributed by atoms with Crippen LogP contribution in [0.2, 0.25) is 0 Å². The summed E-state index contributed by atoms with van der Waals surface area (Å²) in [5.41, 5.74) is 0. The average Bonchev–Trinajstić information content (AvgIpc) is 1.95. The second kappa shape index (κ2) is 3.97. The lowest BCUT2D eigenvalue weighted by Gasteiger charge is -2.29. The minimum atomic E-state index is 0.959. The Morgan fingerprint density at radius 3 is 2.50 bits per heavy atom. The highest BCUT2D eigenvalue weighted by Crippen LogP contribution is 2.15. The van der Waals surface area contributed by atoms with Crippen LogP contribution in [0.3, 0.4) is 0 Å². The average molecular weight is 140 g/mol. The highest BCUT2D eigenvalue weighted by Gasteiger charge is 2.13. The maximum absolute atomic E-state index is 3.86. The Balaban J connectivity index is 2.13. The number of nitrogens with zero attached hydrogens (tertiary/aromatic N) is 1. The number of likely N-dealkylation sites (tertiary alicyclic amines) is 1. The van der Waals surface area contributed by atoms with E-state index < -0.39 is 0 Å². The molecule has 10 heavy (non-hydrogen) atoms. The predicted octanol–water partition coefficient (Wildman–Crippen LogP) is 1.94. The molecule has 0 unspecified atom stereocenters. The summed E-state index contributed by atoms with van der Waals surface area (Å²) in [7, 11) is 0. The number of hydrogen-bond donors (Lipinski definition) is 0. The maximum atomic E-state index is 3.86. The summed E-state index contributed by atoms with van der Waals surface area (Å²) in [4.78, 5) is 2.52. The van der Waals surface area contributed by atoms with E-state index in [1.807, 2.05) is 0 Å². The van der Waals surface area contributed by atoms with Crippen molar-refractivity contribution in [2.24, 2.45) is 5.92 Å². The van der Waals surface area contributed by atoms with Gasteiger partial charge in [-0.3, -0.25) is 0 Å². The molecular weight excluding hydrogens is 122 g/mol. The molecule has 0 amide bonds. The third-order valence-corrected chi connectivity index (χ3v) is 2.35. The maximum Gasteiger partial charge on any atom is -0.00162 e. The van der Waals surface area contributed by atoms with Crippen molar-refractivity contribution in [2.45, 2.75) is 26.2 Å². The van der Waals surface area contributed by atoms with Gasteiger partial charge in [0.05, 0.1) is 0 Å². The van der Waals surface area contributed by atoms with E-state index in [1.54, 1.807) is 0 Å². The van der Waals surface area contributed by atoms with Crippen LogP contribution in [-0.2, 0) is 0 Å². The summed E-state index contributed by atoms with van der Waals surface area (Å²) >= 11 is 0. The van der Waals surface area contributed by atoms with Crippen molar-refractivity contribution in [3.05, 3.63) is 6.92 Å². The van der Waals surface area contributed by atoms with Crippen molar-refractivity contribution in [1.29, 1.82) is 0 Å². The van der Waals surface area contributed by atoms with Crippen molar-refractivity contribution >= 4 is 0 Å². The van der Waals surface area contributed by atoms with Crippen LogP contribution < -0.4 is 0 Å². The van der Waals surface area contributed by atoms with E-state index in [9.17, 15) is 0 Å². The topological polar surface area (TPSA) is 3.24 Å². The fourth-order valence-corrected chi connectivity index (χ4v) is 1.51. The van der Waals surface area contributed by atoms with Crippen LogP contribution in [0, 0.1) is 12.8 Å². The summed E-state index contributed by atoms with van der Waals surface area (Å²) in [5, 5.41) is 0. The molecule has 1 fully saturated rings. The molecule has 0 aromatic heterocycles. The standard InChI is InChI=1S/C9H18N/c1-3-6-10-7-4-9(2)5-8-10/h9H,1,3-8H2,2H3. The van der Waals surface area contributed by atoms with E-state index in [4.69, 9.17) is 0 Å². The molecule has 0 atom stereocenters. The van der Waals surface area contributed by atoms with Crippen molar-refractivity contribution in [3.8, 4) is 0 Å². The molecule has 1 heteroatoms. The first-order valence-corrected chi connectivity index (χ1v) is 4.34. The summed E-state index contributed by atoms with van der Waals surface area (Å²) in [5.74, 6) is 0.959. The molecule has 0 aromatic rings. The third kappa shape index (κ3) is 2.30. The van der Waals surface area contributed by atoms with Gasteiger partial charge < -0.3 is 4.90 Å². The van der Waals surface area contributed by atoms with Gasteiger partial charge in [-0.1, -0.05) is 13.8 Å². The first-order valence-electron chi connectivity index (χ1n) is 4.34. The van der Waals surface area contributed by atoms with Gasteiger partial charge in [-0.15, -0.1) is 0 Å². The predicted molar refractivity (Wildman–Crippen MR) is 44.8 cm³/mol. The van der Waals surface area contributed by atoms with E-state index >= 15 is 0 Å². The SMILES string of the molecule is [CH2]CCN1CCC(C)CC1. The molecular formula is C9H18N. The highest BCUT2D eigenvalue weighted by molar-refractivity contribution is 4.69. The van der Waals surface area contributed by atoms with Crippen molar-refractivity contribution < 1.29 is 0 Å². The summed E-state index contributed by atoms with van der Waals surface area (Å²) in [6, 6.07) is 0. The molecule has 1 rings (SSSR count). The lowest BCUT2D eigenvalue weighted by atomic mass is 9.99. The lowest BCUT2D eigenvalue weighted by Crippen LogP contribution is -2.33. The van der Waals surface area contributed by atoms with Crippen LogP contribution in [0.5, 0.6) is 0 Å². The zero-order chi connectivity index (χ0) is 7.40. The summed E-state index contributed by atoms with van der Waals surface area (Å²) in [6.45, 7) is 10.0. The van der Waals surface area contributed by atoms with Crippen LogP contribution in [-0.4, -0.2) is 24.5 Å². The molecule has 1 aliphatic heterocycles. The first kappa shape index (κ1) is 8.06. The van der Waals surface area contributed by atoms with Gasteiger partial charge >= 0.3 is 0 Å². The Morgan fingerprint density at radius 2 is 2.00 bits per heavy atom. The molecule has 0 aliphatic carbocycles. The quantitative estimate of drug-likeness (QED) is 0.566. The zero-order valence-corrected chi connectivity index (χ0v) is 6.97. The van der Waals surface area contributed by atoms with E-state index in [1.165, 1.54) is 32.5 Å². The Bertz CT molecular complexity index is 82.7. The molecule has 1 radical (unpaired) electrons. The van der Waals surface area contributed by atoms with E-state index in [0.29, 0.717) is 0 Å². The van der Waals surface area contributed by atoms with Gasteiger partial charge in [0.25, 0.3) is 0 Å². The molecule has 0 N–H and O–H groups in total. The van der Waals surface area contributed by atoms with Gasteiger partial charge in [-0.2, -0.15) is 0 Å². The van der Waals surface area contributed by atoms with Gasteiger partial charge in [0, 0.05) is 0 Å². The Morgan fingerprint density at radius 1 is 1.40 bits per heavy atom. The molecule has 1 aliphatic rings. The Labute approximate surface area is 64.4 Å². The van der Waals surface area contributed by atoms with Crippen molar-refractivity contribution in [2.75, 3.05) is 19.6 Å². The second-order valence-corrected chi connectivity index (χ2v) is 3.38. The smallest absolute Gasteiger partial charge is 0.00162 e. The molecule has 1 saturated heterocycles. The fraction of sp³-hybridized carbons (Fsp3) is 0.889. The lowest BCUT2D eigenvalue weighted by molar-refractivity contribution is 0.195. The van der Waals surface area contributed by atoms with Crippen molar-refractivity contribution in [1.82, 2.24) is 4.90 Å². The van der Waals surface area contributed by atoms with Gasteiger partial charge in [0.1, 0.15) is 0 Å². The molecule has 0 saturated carbocycles. The van der Waals surface area contributed by atoms with Crippen LogP contribution >= 0.6 is 0 Å². The second-order valence-electron chi connectivity index (χ2n) is 3.38. The van der Waals surface area contributed by atoms with Gasteiger partial charge in [0.2, 0.25) is 0 Å². The van der Waals surface area contributed by atoms with Gasteiger partial charge in [-0.25, -0.2) is 0 Å². The monoisotopic (exact) mass is 140 g/mol. The Hall–Kier alpha value is -0.0400. The zero-order valence-electron chi connectivity index (χ0n) is 6.97. The van der Waals surface area contributed by atoms with E-state index in [2.05, 4.69) is 18.7 Å². The van der Waals surface area contributed by atoms with Crippen LogP contribution in [0.4, 0.5) is 0 Å². The molecule has 0 aromatic carbocycles. The van der Waals surface area contributed by atoms with E-state index in [0.717, 1.165) is 12.3 Å². The largest absolute Gasteiger partial charge is 0.303 e. The van der Waals surface area contributed by atoms with E-state index in [-0.39, 0.29) is 0 Å².